The molecule has 6 heteroatoms. The van der Waals surface area contributed by atoms with E-state index in [0.29, 0.717) is 22.7 Å². The van der Waals surface area contributed by atoms with E-state index in [4.69, 9.17) is 4.52 Å². The molecule has 136 valence electrons. The topological polar surface area (TPSA) is 84.2 Å². The van der Waals surface area contributed by atoms with Gasteiger partial charge in [0.05, 0.1) is 0 Å². The molecule has 0 aliphatic heterocycles. The van der Waals surface area contributed by atoms with E-state index in [1.165, 1.54) is 0 Å². The summed E-state index contributed by atoms with van der Waals surface area (Å²) in [5, 5.41) is 9.77. The maximum absolute atomic E-state index is 12.8. The summed E-state index contributed by atoms with van der Waals surface area (Å²) in [6, 6.07) is 16.5. The Hall–Kier alpha value is -3.41. The molecule has 1 fully saturated rings. The van der Waals surface area contributed by atoms with Gasteiger partial charge < -0.3 is 15.2 Å². The summed E-state index contributed by atoms with van der Waals surface area (Å²) in [4.78, 5) is 24.6. The number of rotatable bonds is 5. The molecule has 0 spiro atoms. The van der Waals surface area contributed by atoms with Gasteiger partial charge in [0.15, 0.2) is 0 Å². The third-order valence-corrected chi connectivity index (χ3v) is 4.50. The van der Waals surface area contributed by atoms with Crippen LogP contribution in [-0.2, 0) is 4.79 Å². The van der Waals surface area contributed by atoms with E-state index < -0.39 is 0 Å². The van der Waals surface area contributed by atoms with Gasteiger partial charge in [-0.2, -0.15) is 0 Å². The van der Waals surface area contributed by atoms with E-state index in [0.717, 1.165) is 24.1 Å². The normalized spacial score (nSPS) is 13.2. The molecule has 6 nitrogen and oxygen atoms in total. The standard InChI is InChI=1S/C21H19N3O3/c1-13-18(19(24-27-13)14-5-3-2-4-6-14)21(26)23-17-11-9-16(10-12-17)22-20(25)15-7-8-15/h2-6,9-12,15H,7-8H2,1H3,(H,22,25)(H,23,26). The van der Waals surface area contributed by atoms with Crippen LogP contribution in [0.5, 0.6) is 0 Å². The van der Waals surface area contributed by atoms with Crippen LogP contribution >= 0.6 is 0 Å². The van der Waals surface area contributed by atoms with Gasteiger partial charge in [-0.25, -0.2) is 0 Å². The Kier molecular flexibility index (Phi) is 4.46. The molecule has 0 saturated heterocycles. The molecule has 3 aromatic rings. The molecule has 1 saturated carbocycles. The number of hydrogen-bond acceptors (Lipinski definition) is 4. The first kappa shape index (κ1) is 17.0. The van der Waals surface area contributed by atoms with Crippen molar-refractivity contribution in [3.63, 3.8) is 0 Å². The molecule has 1 aromatic heterocycles. The van der Waals surface area contributed by atoms with Crippen molar-refractivity contribution in [1.29, 1.82) is 0 Å². The Morgan fingerprint density at radius 3 is 2.22 bits per heavy atom. The highest BCUT2D eigenvalue weighted by atomic mass is 16.5. The second kappa shape index (κ2) is 7.07. The summed E-state index contributed by atoms with van der Waals surface area (Å²) >= 11 is 0. The smallest absolute Gasteiger partial charge is 0.261 e. The maximum Gasteiger partial charge on any atom is 0.261 e. The molecular weight excluding hydrogens is 342 g/mol. The van der Waals surface area contributed by atoms with Crippen molar-refractivity contribution in [1.82, 2.24) is 5.16 Å². The fraction of sp³-hybridized carbons (Fsp3) is 0.190. The average molecular weight is 361 g/mol. The van der Waals surface area contributed by atoms with Gasteiger partial charge in [0.1, 0.15) is 17.0 Å². The average Bonchev–Trinajstić information content (AvgIpc) is 3.46. The van der Waals surface area contributed by atoms with Crippen molar-refractivity contribution < 1.29 is 14.1 Å². The van der Waals surface area contributed by atoms with Crippen LogP contribution in [0.1, 0.15) is 29.0 Å². The molecule has 2 amide bonds. The van der Waals surface area contributed by atoms with E-state index in [1.807, 2.05) is 30.3 Å². The lowest BCUT2D eigenvalue weighted by Crippen LogP contribution is -2.14. The summed E-state index contributed by atoms with van der Waals surface area (Å²) in [6.07, 6.45) is 1.92. The second-order valence-electron chi connectivity index (χ2n) is 6.62. The van der Waals surface area contributed by atoms with Gasteiger partial charge in [0.2, 0.25) is 5.91 Å². The minimum Gasteiger partial charge on any atom is -0.360 e. The zero-order valence-electron chi connectivity index (χ0n) is 14.9. The Labute approximate surface area is 156 Å². The molecule has 0 atom stereocenters. The van der Waals surface area contributed by atoms with Crippen molar-refractivity contribution >= 4 is 23.2 Å². The van der Waals surface area contributed by atoms with E-state index >= 15 is 0 Å². The van der Waals surface area contributed by atoms with Crippen LogP contribution in [0.3, 0.4) is 0 Å². The fourth-order valence-corrected chi connectivity index (χ4v) is 2.85. The molecule has 4 rings (SSSR count). The summed E-state index contributed by atoms with van der Waals surface area (Å²) in [5.41, 5.74) is 3.09. The van der Waals surface area contributed by atoms with Crippen LogP contribution in [-0.4, -0.2) is 17.0 Å². The number of nitrogens with one attached hydrogen (secondary N) is 2. The molecule has 1 aliphatic rings. The summed E-state index contributed by atoms with van der Waals surface area (Å²) in [7, 11) is 0. The predicted molar refractivity (Wildman–Crippen MR) is 102 cm³/mol. The maximum atomic E-state index is 12.8. The second-order valence-corrected chi connectivity index (χ2v) is 6.62. The van der Waals surface area contributed by atoms with E-state index in [9.17, 15) is 9.59 Å². The van der Waals surface area contributed by atoms with Gasteiger partial charge in [-0.15, -0.1) is 0 Å². The van der Waals surface area contributed by atoms with Crippen LogP contribution < -0.4 is 10.6 Å². The summed E-state index contributed by atoms with van der Waals surface area (Å²) in [5.74, 6) is 0.374. The summed E-state index contributed by atoms with van der Waals surface area (Å²) < 4.78 is 5.24. The first-order valence-corrected chi connectivity index (χ1v) is 8.86. The lowest BCUT2D eigenvalue weighted by atomic mass is 10.1. The SMILES string of the molecule is Cc1onc(-c2ccccc2)c1C(=O)Nc1ccc(NC(=O)C2CC2)cc1. The highest BCUT2D eigenvalue weighted by molar-refractivity contribution is 6.08. The van der Waals surface area contributed by atoms with Crippen LogP contribution in [0.4, 0.5) is 11.4 Å². The third kappa shape index (κ3) is 3.74. The first-order chi connectivity index (χ1) is 13.1. The first-order valence-electron chi connectivity index (χ1n) is 8.86. The van der Waals surface area contributed by atoms with Crippen LogP contribution in [0, 0.1) is 12.8 Å². The van der Waals surface area contributed by atoms with Crippen molar-refractivity contribution in [2.45, 2.75) is 19.8 Å². The highest BCUT2D eigenvalue weighted by Gasteiger charge is 2.29. The minimum absolute atomic E-state index is 0.0550. The summed E-state index contributed by atoms with van der Waals surface area (Å²) in [6.45, 7) is 1.71. The van der Waals surface area contributed by atoms with Crippen LogP contribution in [0.25, 0.3) is 11.3 Å². The van der Waals surface area contributed by atoms with E-state index in [-0.39, 0.29) is 17.7 Å². The molecule has 27 heavy (non-hydrogen) atoms. The number of carbonyl (C=O) groups is 2. The molecule has 2 aromatic carbocycles. The monoisotopic (exact) mass is 361 g/mol. The van der Waals surface area contributed by atoms with Crippen molar-refractivity contribution in [3.05, 3.63) is 65.9 Å². The third-order valence-electron chi connectivity index (χ3n) is 4.50. The predicted octanol–water partition coefficient (Wildman–Crippen LogP) is 4.25. The van der Waals surface area contributed by atoms with Crippen LogP contribution in [0.2, 0.25) is 0 Å². The lowest BCUT2D eigenvalue weighted by molar-refractivity contribution is -0.117. The number of hydrogen-bond donors (Lipinski definition) is 2. The van der Waals surface area contributed by atoms with E-state index in [2.05, 4.69) is 15.8 Å². The Balaban J connectivity index is 1.49. The van der Waals surface area contributed by atoms with Crippen LogP contribution in [0.15, 0.2) is 59.1 Å². The molecule has 2 N–H and O–H groups in total. The number of nitrogens with zero attached hydrogens (tertiary/aromatic N) is 1. The Morgan fingerprint density at radius 2 is 1.59 bits per heavy atom. The number of amides is 2. The number of aromatic nitrogens is 1. The molecular formula is C21H19N3O3. The van der Waals surface area contributed by atoms with Crippen molar-refractivity contribution in [2.75, 3.05) is 10.6 Å². The van der Waals surface area contributed by atoms with Crippen molar-refractivity contribution in [2.24, 2.45) is 5.92 Å². The Morgan fingerprint density at radius 1 is 0.963 bits per heavy atom. The van der Waals surface area contributed by atoms with Gasteiger partial charge in [-0.05, 0) is 44.0 Å². The molecule has 0 unspecified atom stereocenters. The lowest BCUT2D eigenvalue weighted by Gasteiger charge is -2.08. The van der Waals surface area contributed by atoms with Gasteiger partial charge in [0, 0.05) is 22.9 Å². The molecule has 0 radical (unpaired) electrons. The van der Waals surface area contributed by atoms with Gasteiger partial charge in [-0.3, -0.25) is 9.59 Å². The number of anilines is 2. The zero-order chi connectivity index (χ0) is 18.8. The quantitative estimate of drug-likeness (QED) is 0.711. The number of carbonyl (C=O) groups excluding carboxylic acids is 2. The number of aryl methyl sites for hydroxylation is 1. The van der Waals surface area contributed by atoms with Crippen molar-refractivity contribution in [3.8, 4) is 11.3 Å². The van der Waals surface area contributed by atoms with E-state index in [1.54, 1.807) is 31.2 Å². The largest absolute Gasteiger partial charge is 0.360 e. The Bertz CT molecular complexity index is 974. The molecule has 1 heterocycles. The van der Waals surface area contributed by atoms with Gasteiger partial charge in [-0.1, -0.05) is 35.5 Å². The minimum atomic E-state index is -0.289. The number of benzene rings is 2. The van der Waals surface area contributed by atoms with Gasteiger partial charge >= 0.3 is 0 Å². The molecule has 0 bridgehead atoms. The zero-order valence-corrected chi connectivity index (χ0v) is 14.9. The molecule has 1 aliphatic carbocycles. The fourth-order valence-electron chi connectivity index (χ4n) is 2.85. The highest BCUT2D eigenvalue weighted by Crippen LogP contribution is 2.30. The van der Waals surface area contributed by atoms with Gasteiger partial charge in [0.25, 0.3) is 5.91 Å².